The number of aromatic nitrogens is 2. The van der Waals surface area contributed by atoms with Gasteiger partial charge in [-0.2, -0.15) is 0 Å². The summed E-state index contributed by atoms with van der Waals surface area (Å²) in [6.45, 7) is 2.01. The zero-order chi connectivity index (χ0) is 23.5. The molecule has 2 aliphatic rings. The van der Waals surface area contributed by atoms with Crippen molar-refractivity contribution in [2.24, 2.45) is 0 Å². The summed E-state index contributed by atoms with van der Waals surface area (Å²) >= 11 is 0. The molecule has 2 N–H and O–H groups in total. The van der Waals surface area contributed by atoms with Crippen LogP contribution >= 0.6 is 0 Å². The summed E-state index contributed by atoms with van der Waals surface area (Å²) in [6, 6.07) is 8.04. The third-order valence-corrected chi connectivity index (χ3v) is 6.23. The number of carbonyl (C=O) groups is 2. The van der Waals surface area contributed by atoms with Gasteiger partial charge in [-0.15, -0.1) is 0 Å². The van der Waals surface area contributed by atoms with Crippen molar-refractivity contribution in [1.29, 1.82) is 0 Å². The lowest BCUT2D eigenvalue weighted by Gasteiger charge is -2.28. The third kappa shape index (κ3) is 4.79. The molecule has 3 aromatic rings. The Bertz CT molecular complexity index is 1250. The lowest BCUT2D eigenvalue weighted by molar-refractivity contribution is -0.140. The number of anilines is 1. The predicted molar refractivity (Wildman–Crippen MR) is 126 cm³/mol. The van der Waals surface area contributed by atoms with E-state index in [1.807, 2.05) is 35.0 Å². The van der Waals surface area contributed by atoms with Gasteiger partial charge >= 0.3 is 6.03 Å². The van der Waals surface area contributed by atoms with Crippen LogP contribution in [0, 0.1) is 5.82 Å². The first-order valence-electron chi connectivity index (χ1n) is 11.4. The quantitative estimate of drug-likeness (QED) is 0.605. The fourth-order valence-corrected chi connectivity index (χ4v) is 4.33. The van der Waals surface area contributed by atoms with Crippen LogP contribution in [0.1, 0.15) is 30.4 Å². The van der Waals surface area contributed by atoms with Crippen LogP contribution in [0.2, 0.25) is 0 Å². The molecule has 8 nitrogen and oxygen atoms in total. The zero-order valence-corrected chi connectivity index (χ0v) is 18.7. The van der Waals surface area contributed by atoms with Crippen molar-refractivity contribution in [3.63, 3.8) is 0 Å². The molecule has 1 unspecified atom stereocenters. The number of nitrogens with one attached hydrogen (secondary N) is 2. The highest BCUT2D eigenvalue weighted by Crippen LogP contribution is 2.27. The number of fused-ring (bicyclic) bond motifs is 1. The lowest BCUT2D eigenvalue weighted by Crippen LogP contribution is -2.41. The predicted octanol–water partition coefficient (Wildman–Crippen LogP) is 3.59. The minimum Gasteiger partial charge on any atom is -0.368 e. The van der Waals surface area contributed by atoms with Gasteiger partial charge in [0.2, 0.25) is 0 Å². The lowest BCUT2D eigenvalue weighted by atomic mass is 9.98. The molecular formula is C25H26FN5O3. The fourth-order valence-electron chi connectivity index (χ4n) is 4.33. The Morgan fingerprint density at radius 3 is 2.88 bits per heavy atom. The minimum absolute atomic E-state index is 0.0363. The monoisotopic (exact) mass is 463 g/mol. The summed E-state index contributed by atoms with van der Waals surface area (Å²) in [4.78, 5) is 30.8. The van der Waals surface area contributed by atoms with Gasteiger partial charge in [0.15, 0.2) is 0 Å². The number of hydrogen-bond acceptors (Lipinski definition) is 4. The summed E-state index contributed by atoms with van der Waals surface area (Å²) in [7, 11) is 0. The van der Waals surface area contributed by atoms with Crippen LogP contribution in [-0.2, 0) is 16.1 Å². The Hall–Kier alpha value is -3.72. The molecule has 0 spiro atoms. The maximum atomic E-state index is 14.7. The van der Waals surface area contributed by atoms with Gasteiger partial charge in [-0.05, 0) is 60.2 Å². The Labute approximate surface area is 196 Å². The van der Waals surface area contributed by atoms with Gasteiger partial charge in [0.25, 0.3) is 5.91 Å². The number of imidazole rings is 1. The molecular weight excluding hydrogens is 437 g/mol. The molecule has 1 fully saturated rings. The molecule has 4 heterocycles. The molecule has 9 heteroatoms. The van der Waals surface area contributed by atoms with E-state index in [1.165, 1.54) is 6.07 Å². The zero-order valence-electron chi connectivity index (χ0n) is 18.7. The number of carbonyl (C=O) groups excluding carboxylic acids is 2. The molecule has 0 aliphatic carbocycles. The van der Waals surface area contributed by atoms with Crippen molar-refractivity contribution >= 4 is 28.8 Å². The van der Waals surface area contributed by atoms with Gasteiger partial charge in [0, 0.05) is 44.8 Å². The van der Waals surface area contributed by atoms with Gasteiger partial charge in [-0.3, -0.25) is 4.79 Å². The highest BCUT2D eigenvalue weighted by atomic mass is 19.1. The van der Waals surface area contributed by atoms with E-state index in [2.05, 4.69) is 15.6 Å². The average Bonchev–Trinajstić information content (AvgIpc) is 3.56. The maximum Gasteiger partial charge on any atom is 0.319 e. The third-order valence-electron chi connectivity index (χ3n) is 6.23. The first kappa shape index (κ1) is 22.1. The van der Waals surface area contributed by atoms with Gasteiger partial charge in [0.05, 0.1) is 5.69 Å². The molecule has 34 heavy (non-hydrogen) atoms. The number of rotatable bonds is 5. The Morgan fingerprint density at radius 2 is 2.12 bits per heavy atom. The van der Waals surface area contributed by atoms with E-state index in [0.717, 1.165) is 35.2 Å². The summed E-state index contributed by atoms with van der Waals surface area (Å²) < 4.78 is 22.1. The Morgan fingerprint density at radius 1 is 1.21 bits per heavy atom. The number of hydrogen-bond donors (Lipinski definition) is 2. The van der Waals surface area contributed by atoms with Crippen LogP contribution in [0.3, 0.4) is 0 Å². The summed E-state index contributed by atoms with van der Waals surface area (Å²) in [5, 5.41) is 5.30. The van der Waals surface area contributed by atoms with E-state index in [9.17, 15) is 14.0 Å². The largest absolute Gasteiger partial charge is 0.368 e. The molecule has 1 saturated heterocycles. The molecule has 5 rings (SSSR count). The van der Waals surface area contributed by atoms with Crippen LogP contribution in [0.15, 0.2) is 55.0 Å². The standard InChI is InChI=1S/C25H26FN5O3/c26-20-15-19(18-6-10-31(11-7-18)24(32)22-2-1-13-34-22)3-4-21(20)29-25(33)28-16-17-5-9-30-12-8-27-23(30)14-17/h3-6,8-9,12,14-15,22H,1-2,7,10-11,13,16H2,(H2,28,29,33). The summed E-state index contributed by atoms with van der Waals surface area (Å²) in [5.74, 6) is -0.473. The molecule has 0 bridgehead atoms. The van der Waals surface area contributed by atoms with Crippen LogP contribution in [-0.4, -0.2) is 52.0 Å². The van der Waals surface area contributed by atoms with E-state index in [0.29, 0.717) is 32.7 Å². The number of nitrogens with zero attached hydrogens (tertiary/aromatic N) is 3. The van der Waals surface area contributed by atoms with Crippen molar-refractivity contribution < 1.29 is 18.7 Å². The molecule has 0 saturated carbocycles. The van der Waals surface area contributed by atoms with Crippen LogP contribution in [0.5, 0.6) is 0 Å². The van der Waals surface area contributed by atoms with E-state index in [-0.39, 0.29) is 17.7 Å². The highest BCUT2D eigenvalue weighted by Gasteiger charge is 2.29. The molecule has 176 valence electrons. The van der Waals surface area contributed by atoms with Crippen molar-refractivity contribution in [1.82, 2.24) is 19.6 Å². The smallest absolute Gasteiger partial charge is 0.319 e. The normalized spacial score (nSPS) is 18.1. The second-order valence-electron chi connectivity index (χ2n) is 8.50. The van der Waals surface area contributed by atoms with Crippen LogP contribution in [0.25, 0.3) is 11.2 Å². The molecule has 2 aromatic heterocycles. The van der Waals surface area contributed by atoms with Gasteiger partial charge in [0.1, 0.15) is 17.6 Å². The number of benzene rings is 1. The van der Waals surface area contributed by atoms with Crippen LogP contribution in [0.4, 0.5) is 14.9 Å². The Kier molecular flexibility index (Phi) is 6.27. The van der Waals surface area contributed by atoms with Gasteiger partial charge < -0.3 is 24.7 Å². The van der Waals surface area contributed by atoms with Gasteiger partial charge in [-0.25, -0.2) is 14.2 Å². The molecule has 1 atom stereocenters. The van der Waals surface area contributed by atoms with E-state index in [1.54, 1.807) is 23.2 Å². The number of ether oxygens (including phenoxy) is 1. The topological polar surface area (TPSA) is 88.0 Å². The van der Waals surface area contributed by atoms with Crippen molar-refractivity contribution in [3.8, 4) is 0 Å². The maximum absolute atomic E-state index is 14.7. The van der Waals surface area contributed by atoms with Gasteiger partial charge in [-0.1, -0.05) is 12.1 Å². The summed E-state index contributed by atoms with van der Waals surface area (Å²) in [5.41, 5.74) is 3.52. The highest BCUT2D eigenvalue weighted by molar-refractivity contribution is 5.89. The van der Waals surface area contributed by atoms with Crippen molar-refractivity contribution in [3.05, 3.63) is 71.9 Å². The first-order valence-corrected chi connectivity index (χ1v) is 11.4. The molecule has 3 amide bonds. The molecule has 1 aromatic carbocycles. The second kappa shape index (κ2) is 9.64. The summed E-state index contributed by atoms with van der Waals surface area (Å²) in [6.07, 6.45) is 9.40. The molecule has 2 aliphatic heterocycles. The number of amides is 3. The van der Waals surface area contributed by atoms with E-state index >= 15 is 0 Å². The molecule has 0 radical (unpaired) electrons. The van der Waals surface area contributed by atoms with Crippen molar-refractivity contribution in [2.45, 2.75) is 31.9 Å². The van der Waals surface area contributed by atoms with Crippen LogP contribution < -0.4 is 10.6 Å². The number of pyridine rings is 1. The number of urea groups is 1. The fraction of sp³-hybridized carbons (Fsp3) is 0.320. The minimum atomic E-state index is -0.509. The number of halogens is 1. The SMILES string of the molecule is O=C(NCc1ccn2ccnc2c1)Nc1ccc(C2=CCN(C(=O)C3CCCO3)CC2)cc1F. The second-order valence-corrected chi connectivity index (χ2v) is 8.50. The first-order chi connectivity index (χ1) is 16.6. The van der Waals surface area contributed by atoms with Crippen molar-refractivity contribution in [2.75, 3.05) is 25.0 Å². The Balaban J connectivity index is 1.16. The van der Waals surface area contributed by atoms with E-state index in [4.69, 9.17) is 4.74 Å². The average molecular weight is 464 g/mol. The van der Waals surface area contributed by atoms with E-state index < -0.39 is 11.8 Å².